The predicted molar refractivity (Wildman–Crippen MR) is 116 cm³/mol. The molecular formula is C22H27N3O2S. The zero-order valence-electron chi connectivity index (χ0n) is 16.5. The number of hydrogen-bond donors (Lipinski definition) is 1. The molecular weight excluding hydrogens is 370 g/mol. The molecule has 2 aromatic rings. The Bertz CT molecular complexity index is 840. The lowest BCUT2D eigenvalue weighted by Crippen LogP contribution is -2.40. The van der Waals surface area contributed by atoms with Crippen molar-refractivity contribution < 1.29 is 9.59 Å². The predicted octanol–water partition coefficient (Wildman–Crippen LogP) is 3.47. The molecule has 0 atom stereocenters. The van der Waals surface area contributed by atoms with Crippen LogP contribution in [0.4, 0.5) is 11.4 Å². The van der Waals surface area contributed by atoms with Crippen LogP contribution in [0.3, 0.4) is 0 Å². The van der Waals surface area contributed by atoms with Crippen LogP contribution in [0.1, 0.15) is 18.9 Å². The quantitative estimate of drug-likeness (QED) is 0.741. The normalized spacial score (nSPS) is 13.2. The van der Waals surface area contributed by atoms with Gasteiger partial charge in [0.1, 0.15) is 0 Å². The van der Waals surface area contributed by atoms with Gasteiger partial charge in [-0.25, -0.2) is 0 Å². The number of anilines is 2. The van der Waals surface area contributed by atoms with Crippen LogP contribution in [0.25, 0.3) is 0 Å². The van der Waals surface area contributed by atoms with Crippen molar-refractivity contribution in [2.75, 3.05) is 41.7 Å². The maximum Gasteiger partial charge on any atom is 0.237 e. The van der Waals surface area contributed by atoms with E-state index < -0.39 is 0 Å². The Balaban J connectivity index is 1.49. The topological polar surface area (TPSA) is 52.7 Å². The molecule has 0 unspecified atom stereocenters. The molecule has 1 heterocycles. The zero-order valence-corrected chi connectivity index (χ0v) is 17.3. The van der Waals surface area contributed by atoms with Crippen LogP contribution >= 0.6 is 11.8 Å². The Labute approximate surface area is 171 Å². The number of carbonyl (C=O) groups is 2. The number of carbonyl (C=O) groups excluding carboxylic acids is 2. The van der Waals surface area contributed by atoms with Crippen LogP contribution in [0, 0.1) is 6.92 Å². The smallest absolute Gasteiger partial charge is 0.237 e. The van der Waals surface area contributed by atoms with Crippen molar-refractivity contribution in [3.8, 4) is 0 Å². The van der Waals surface area contributed by atoms with Crippen molar-refractivity contribution in [3.63, 3.8) is 0 Å². The van der Waals surface area contributed by atoms with Crippen molar-refractivity contribution in [3.05, 3.63) is 54.1 Å². The van der Waals surface area contributed by atoms with Gasteiger partial charge < -0.3 is 15.1 Å². The third kappa shape index (κ3) is 4.87. The second kappa shape index (κ2) is 9.64. The number of thioether (sulfide) groups is 1. The summed E-state index contributed by atoms with van der Waals surface area (Å²) in [6, 6.07) is 16.1. The van der Waals surface area contributed by atoms with E-state index in [0.717, 1.165) is 23.7 Å². The minimum absolute atomic E-state index is 0.0238. The standard InChI is InChI=1S/C22H27N3O2S/c1-3-24(18-9-5-4-8-17(18)2)15-13-23-21(26)12-14-25-19-10-6-7-11-20(19)28-16-22(25)27/h4-11H,3,12-16H2,1-2H3,(H,23,26). The lowest BCUT2D eigenvalue weighted by molar-refractivity contribution is -0.121. The van der Waals surface area contributed by atoms with Crippen LogP contribution < -0.4 is 15.1 Å². The van der Waals surface area contributed by atoms with Gasteiger partial charge in [-0.1, -0.05) is 30.3 Å². The van der Waals surface area contributed by atoms with E-state index in [-0.39, 0.29) is 11.8 Å². The fourth-order valence-electron chi connectivity index (χ4n) is 3.40. The number of fused-ring (bicyclic) bond motifs is 1. The molecule has 0 bridgehead atoms. The summed E-state index contributed by atoms with van der Waals surface area (Å²) in [7, 11) is 0. The van der Waals surface area contributed by atoms with E-state index >= 15 is 0 Å². The molecule has 28 heavy (non-hydrogen) atoms. The average Bonchev–Trinajstić information content (AvgIpc) is 2.71. The first-order chi connectivity index (χ1) is 13.6. The summed E-state index contributed by atoms with van der Waals surface area (Å²) in [4.78, 5) is 29.7. The minimum atomic E-state index is -0.0238. The summed E-state index contributed by atoms with van der Waals surface area (Å²) < 4.78 is 0. The maximum atomic E-state index is 12.3. The number of aryl methyl sites for hydroxylation is 1. The number of nitrogens with one attached hydrogen (secondary N) is 1. The van der Waals surface area contributed by atoms with E-state index in [0.29, 0.717) is 25.3 Å². The first kappa shape index (κ1) is 20.3. The molecule has 0 spiro atoms. The fourth-order valence-corrected chi connectivity index (χ4v) is 4.33. The number of benzene rings is 2. The van der Waals surface area contributed by atoms with E-state index in [1.54, 1.807) is 16.7 Å². The number of nitrogens with zero attached hydrogens (tertiary/aromatic N) is 2. The largest absolute Gasteiger partial charge is 0.370 e. The number of likely N-dealkylation sites (N-methyl/N-ethyl adjacent to an activating group) is 1. The first-order valence-corrected chi connectivity index (χ1v) is 10.7. The molecule has 3 rings (SSSR count). The minimum Gasteiger partial charge on any atom is -0.370 e. The molecule has 1 aliphatic heterocycles. The van der Waals surface area contributed by atoms with Gasteiger partial charge in [-0.15, -0.1) is 11.8 Å². The van der Waals surface area contributed by atoms with Gasteiger partial charge in [0, 0.05) is 43.2 Å². The summed E-state index contributed by atoms with van der Waals surface area (Å²) in [5, 5.41) is 2.99. The van der Waals surface area contributed by atoms with Crippen molar-refractivity contribution in [1.29, 1.82) is 0 Å². The Morgan fingerprint density at radius 1 is 1.18 bits per heavy atom. The second-order valence-electron chi connectivity index (χ2n) is 6.77. The van der Waals surface area contributed by atoms with Crippen molar-refractivity contribution in [2.45, 2.75) is 25.2 Å². The fraction of sp³-hybridized carbons (Fsp3) is 0.364. The van der Waals surface area contributed by atoms with E-state index in [1.807, 2.05) is 36.4 Å². The van der Waals surface area contributed by atoms with Crippen LogP contribution in [-0.2, 0) is 9.59 Å². The molecule has 0 aliphatic carbocycles. The highest BCUT2D eigenvalue weighted by Gasteiger charge is 2.24. The highest BCUT2D eigenvalue weighted by Crippen LogP contribution is 2.34. The molecule has 0 aromatic heterocycles. The SMILES string of the molecule is CCN(CCNC(=O)CCN1C(=O)CSc2ccccc21)c1ccccc1C. The van der Waals surface area contributed by atoms with Gasteiger partial charge in [0.25, 0.3) is 0 Å². The Hall–Kier alpha value is -2.47. The molecule has 1 N–H and O–H groups in total. The van der Waals surface area contributed by atoms with Gasteiger partial charge >= 0.3 is 0 Å². The number of amides is 2. The van der Waals surface area contributed by atoms with Gasteiger partial charge in [-0.3, -0.25) is 9.59 Å². The molecule has 1 aliphatic rings. The lowest BCUT2D eigenvalue weighted by Gasteiger charge is -2.28. The summed E-state index contributed by atoms with van der Waals surface area (Å²) in [6.45, 7) is 6.86. The molecule has 0 saturated heterocycles. The molecule has 6 heteroatoms. The zero-order chi connectivity index (χ0) is 19.9. The van der Waals surface area contributed by atoms with E-state index in [9.17, 15) is 9.59 Å². The maximum absolute atomic E-state index is 12.3. The number of rotatable bonds is 8. The average molecular weight is 398 g/mol. The molecule has 2 amide bonds. The Morgan fingerprint density at radius 2 is 1.93 bits per heavy atom. The first-order valence-electron chi connectivity index (χ1n) is 9.69. The lowest BCUT2D eigenvalue weighted by atomic mass is 10.2. The highest BCUT2D eigenvalue weighted by atomic mass is 32.2. The van der Waals surface area contributed by atoms with Crippen LogP contribution in [0.15, 0.2) is 53.4 Å². The Morgan fingerprint density at radius 3 is 2.71 bits per heavy atom. The molecule has 0 saturated carbocycles. The number of para-hydroxylation sites is 2. The van der Waals surface area contributed by atoms with E-state index in [4.69, 9.17) is 0 Å². The summed E-state index contributed by atoms with van der Waals surface area (Å²) in [5.74, 6) is 0.470. The molecule has 2 aromatic carbocycles. The van der Waals surface area contributed by atoms with Crippen molar-refractivity contribution >= 4 is 35.0 Å². The van der Waals surface area contributed by atoms with Crippen LogP contribution in [-0.4, -0.2) is 43.7 Å². The second-order valence-corrected chi connectivity index (χ2v) is 7.79. The number of hydrogen-bond acceptors (Lipinski definition) is 4. The van der Waals surface area contributed by atoms with Crippen LogP contribution in [0.2, 0.25) is 0 Å². The van der Waals surface area contributed by atoms with Gasteiger partial charge in [-0.05, 0) is 37.6 Å². The van der Waals surface area contributed by atoms with Crippen molar-refractivity contribution in [1.82, 2.24) is 5.32 Å². The van der Waals surface area contributed by atoms with Gasteiger partial charge in [0.15, 0.2) is 0 Å². The molecule has 0 radical (unpaired) electrons. The summed E-state index contributed by atoms with van der Waals surface area (Å²) >= 11 is 1.56. The van der Waals surface area contributed by atoms with E-state index in [2.05, 4.69) is 36.2 Å². The highest BCUT2D eigenvalue weighted by molar-refractivity contribution is 8.00. The molecule has 5 nitrogen and oxygen atoms in total. The van der Waals surface area contributed by atoms with Gasteiger partial charge in [-0.2, -0.15) is 0 Å². The molecule has 148 valence electrons. The van der Waals surface area contributed by atoms with Gasteiger partial charge in [0.2, 0.25) is 11.8 Å². The summed E-state index contributed by atoms with van der Waals surface area (Å²) in [5.41, 5.74) is 3.34. The van der Waals surface area contributed by atoms with Crippen LogP contribution in [0.5, 0.6) is 0 Å². The summed E-state index contributed by atoms with van der Waals surface area (Å²) in [6.07, 6.45) is 0.307. The molecule has 0 fully saturated rings. The third-order valence-electron chi connectivity index (χ3n) is 4.91. The van der Waals surface area contributed by atoms with Gasteiger partial charge in [0.05, 0.1) is 11.4 Å². The Kier molecular flexibility index (Phi) is 6.98. The van der Waals surface area contributed by atoms with Crippen molar-refractivity contribution in [2.24, 2.45) is 0 Å². The monoisotopic (exact) mass is 397 g/mol. The third-order valence-corrected chi connectivity index (χ3v) is 5.96. The van der Waals surface area contributed by atoms with E-state index in [1.165, 1.54) is 11.3 Å².